The number of benzene rings is 2. The second-order valence-electron chi connectivity index (χ2n) is 5.70. The quantitative estimate of drug-likeness (QED) is 0.445. The van der Waals surface area contributed by atoms with Crippen LogP contribution in [-0.4, -0.2) is 24.8 Å². The Hall–Kier alpha value is -2.39. The molecule has 23 heavy (non-hydrogen) atoms. The summed E-state index contributed by atoms with van der Waals surface area (Å²) in [6.07, 6.45) is 2.26. The molecule has 118 valence electrons. The molecule has 1 aliphatic heterocycles. The molecule has 0 aliphatic carbocycles. The fourth-order valence-corrected chi connectivity index (χ4v) is 2.72. The minimum absolute atomic E-state index is 0.0857. The highest BCUT2D eigenvalue weighted by Crippen LogP contribution is 2.29. The van der Waals surface area contributed by atoms with Gasteiger partial charge < -0.3 is 9.47 Å². The molecule has 0 saturated carbocycles. The molecule has 1 heterocycles. The molecule has 1 aliphatic rings. The van der Waals surface area contributed by atoms with Gasteiger partial charge in [-0.25, -0.2) is 4.79 Å². The Balaban J connectivity index is 1.72. The number of carbonyl (C=O) groups excluding carboxylic acids is 1. The van der Waals surface area contributed by atoms with Gasteiger partial charge in [0.15, 0.2) is 0 Å². The first-order valence-electron chi connectivity index (χ1n) is 7.82. The maximum atomic E-state index is 12.3. The van der Waals surface area contributed by atoms with Gasteiger partial charge in [0, 0.05) is 5.92 Å². The molecule has 0 spiro atoms. The van der Waals surface area contributed by atoms with Crippen LogP contribution in [0.1, 0.15) is 15.9 Å². The largest absolute Gasteiger partial charge is 0.454 e. The Labute approximate surface area is 136 Å². The van der Waals surface area contributed by atoms with E-state index in [1.54, 1.807) is 18.2 Å². The summed E-state index contributed by atoms with van der Waals surface area (Å²) in [6.45, 7) is 4.56. The topological polar surface area (TPSA) is 38.8 Å². The van der Waals surface area contributed by atoms with E-state index in [4.69, 9.17) is 9.47 Å². The molecule has 0 bridgehead atoms. The van der Waals surface area contributed by atoms with Crippen molar-refractivity contribution in [3.05, 3.63) is 84.4 Å². The number of carbonyl (C=O) groups is 1. The fraction of sp³-hybridized carbons (Fsp3) is 0.250. The maximum Gasteiger partial charge on any atom is 0.338 e. The molecule has 1 fully saturated rings. The van der Waals surface area contributed by atoms with Gasteiger partial charge in [0.1, 0.15) is 6.10 Å². The summed E-state index contributed by atoms with van der Waals surface area (Å²) in [5, 5.41) is 0. The van der Waals surface area contributed by atoms with Gasteiger partial charge in [-0.05, 0) is 24.1 Å². The number of rotatable bonds is 7. The summed E-state index contributed by atoms with van der Waals surface area (Å²) < 4.78 is 11.2. The Morgan fingerprint density at radius 1 is 1.17 bits per heavy atom. The normalized spacial score (nSPS) is 18.7. The predicted octanol–water partition coefficient (Wildman–Crippen LogP) is 3.66. The minimum Gasteiger partial charge on any atom is -0.454 e. The van der Waals surface area contributed by atoms with Crippen LogP contribution in [0.25, 0.3) is 0 Å². The molecular weight excluding hydrogens is 288 g/mol. The van der Waals surface area contributed by atoms with E-state index in [0.29, 0.717) is 12.2 Å². The molecule has 0 unspecified atom stereocenters. The second kappa shape index (κ2) is 7.25. The molecule has 0 aromatic heterocycles. The van der Waals surface area contributed by atoms with E-state index in [1.807, 2.05) is 36.4 Å². The summed E-state index contributed by atoms with van der Waals surface area (Å²) in [6, 6.07) is 19.2. The summed E-state index contributed by atoms with van der Waals surface area (Å²) in [4.78, 5) is 12.3. The van der Waals surface area contributed by atoms with Gasteiger partial charge in [-0.2, -0.15) is 0 Å². The molecular formula is C20H20O3. The van der Waals surface area contributed by atoms with Crippen molar-refractivity contribution in [2.45, 2.75) is 18.6 Å². The van der Waals surface area contributed by atoms with E-state index < -0.39 is 0 Å². The molecule has 2 aromatic rings. The highest BCUT2D eigenvalue weighted by molar-refractivity contribution is 5.89. The van der Waals surface area contributed by atoms with Crippen molar-refractivity contribution >= 4 is 5.97 Å². The zero-order valence-corrected chi connectivity index (χ0v) is 12.9. The SMILES string of the molecule is C=C[C@@H](OC(=O)c1ccccc1)[C@@H](Cc1ccccc1)[C@@H]1CO1. The first kappa shape index (κ1) is 15.5. The fourth-order valence-electron chi connectivity index (χ4n) is 2.72. The van der Waals surface area contributed by atoms with Crippen LogP contribution in [0, 0.1) is 5.92 Å². The van der Waals surface area contributed by atoms with Gasteiger partial charge >= 0.3 is 5.97 Å². The van der Waals surface area contributed by atoms with Crippen LogP contribution < -0.4 is 0 Å². The van der Waals surface area contributed by atoms with Crippen molar-refractivity contribution < 1.29 is 14.3 Å². The highest BCUT2D eigenvalue weighted by atomic mass is 16.6. The van der Waals surface area contributed by atoms with Gasteiger partial charge in [0.05, 0.1) is 18.3 Å². The summed E-state index contributed by atoms with van der Waals surface area (Å²) in [5.74, 6) is -0.239. The lowest BCUT2D eigenvalue weighted by Gasteiger charge is -2.23. The number of epoxide rings is 1. The second-order valence-corrected chi connectivity index (χ2v) is 5.70. The summed E-state index contributed by atoms with van der Waals surface area (Å²) in [5.41, 5.74) is 1.75. The molecule has 3 heteroatoms. The van der Waals surface area contributed by atoms with Crippen LogP contribution in [0.15, 0.2) is 73.3 Å². The molecule has 3 rings (SSSR count). The zero-order chi connectivity index (χ0) is 16.1. The molecule has 3 nitrogen and oxygen atoms in total. The molecule has 2 aromatic carbocycles. The number of ether oxygens (including phenoxy) is 2. The van der Waals surface area contributed by atoms with Crippen LogP contribution >= 0.6 is 0 Å². The van der Waals surface area contributed by atoms with E-state index in [0.717, 1.165) is 6.42 Å². The van der Waals surface area contributed by atoms with Gasteiger partial charge in [0.25, 0.3) is 0 Å². The van der Waals surface area contributed by atoms with Gasteiger partial charge in [-0.3, -0.25) is 0 Å². The van der Waals surface area contributed by atoms with E-state index in [9.17, 15) is 4.79 Å². The average molecular weight is 308 g/mol. The van der Waals surface area contributed by atoms with E-state index in [1.165, 1.54) is 5.56 Å². The van der Waals surface area contributed by atoms with Gasteiger partial charge in [-0.15, -0.1) is 0 Å². The smallest absolute Gasteiger partial charge is 0.338 e. The summed E-state index contributed by atoms with van der Waals surface area (Å²) in [7, 11) is 0. The van der Waals surface area contributed by atoms with Gasteiger partial charge in [-0.1, -0.05) is 61.2 Å². The van der Waals surface area contributed by atoms with Crippen LogP contribution in [-0.2, 0) is 15.9 Å². The third kappa shape index (κ3) is 4.08. The van der Waals surface area contributed by atoms with Crippen LogP contribution in [0.3, 0.4) is 0 Å². The molecule has 1 saturated heterocycles. The third-order valence-corrected chi connectivity index (χ3v) is 4.06. The van der Waals surface area contributed by atoms with Crippen molar-refractivity contribution in [3.63, 3.8) is 0 Å². The lowest BCUT2D eigenvalue weighted by molar-refractivity contribution is 0.0239. The Morgan fingerprint density at radius 2 is 1.78 bits per heavy atom. The van der Waals surface area contributed by atoms with Crippen LogP contribution in [0.2, 0.25) is 0 Å². The van der Waals surface area contributed by atoms with Crippen molar-refractivity contribution in [1.82, 2.24) is 0 Å². The molecule has 3 atom stereocenters. The molecule has 0 N–H and O–H groups in total. The van der Waals surface area contributed by atoms with Crippen molar-refractivity contribution in [1.29, 1.82) is 0 Å². The van der Waals surface area contributed by atoms with E-state index >= 15 is 0 Å². The lowest BCUT2D eigenvalue weighted by atomic mass is 9.91. The standard InChI is InChI=1S/C20H20O3/c1-2-18(23-20(21)16-11-7-4-8-12-16)17(19-14-22-19)13-15-9-5-3-6-10-15/h2-12,17-19H,1,13-14H2/t17-,18-,19+/m1/s1. The third-order valence-electron chi connectivity index (χ3n) is 4.06. The Kier molecular flexibility index (Phi) is 4.89. The minimum atomic E-state index is -0.365. The zero-order valence-electron chi connectivity index (χ0n) is 12.9. The number of esters is 1. The van der Waals surface area contributed by atoms with Crippen LogP contribution in [0.4, 0.5) is 0 Å². The summed E-state index contributed by atoms with van der Waals surface area (Å²) >= 11 is 0. The maximum absolute atomic E-state index is 12.3. The van der Waals surface area contributed by atoms with Crippen molar-refractivity contribution in [2.75, 3.05) is 6.61 Å². The predicted molar refractivity (Wildman–Crippen MR) is 89.2 cm³/mol. The Morgan fingerprint density at radius 3 is 2.35 bits per heavy atom. The monoisotopic (exact) mass is 308 g/mol. The first-order chi connectivity index (χ1) is 11.3. The molecule has 0 amide bonds. The first-order valence-corrected chi connectivity index (χ1v) is 7.82. The number of hydrogen-bond donors (Lipinski definition) is 0. The van der Waals surface area contributed by atoms with E-state index in [2.05, 4.69) is 18.7 Å². The van der Waals surface area contributed by atoms with Crippen molar-refractivity contribution in [3.8, 4) is 0 Å². The van der Waals surface area contributed by atoms with Gasteiger partial charge in [0.2, 0.25) is 0 Å². The lowest BCUT2D eigenvalue weighted by Crippen LogP contribution is -2.30. The van der Waals surface area contributed by atoms with E-state index in [-0.39, 0.29) is 24.1 Å². The average Bonchev–Trinajstić information content (AvgIpc) is 3.44. The highest BCUT2D eigenvalue weighted by Gasteiger charge is 2.38. The van der Waals surface area contributed by atoms with Crippen LogP contribution in [0.5, 0.6) is 0 Å². The number of hydrogen-bond acceptors (Lipinski definition) is 3. The molecule has 0 radical (unpaired) electrons. The Bertz CT molecular complexity index is 647. The van der Waals surface area contributed by atoms with Crippen molar-refractivity contribution in [2.24, 2.45) is 5.92 Å².